The molecule has 0 spiro atoms. The molecule has 4 rings (SSSR count). The van der Waals surface area contributed by atoms with Gasteiger partial charge in [-0.2, -0.15) is 0 Å². The Morgan fingerprint density at radius 3 is 2.55 bits per heavy atom. The van der Waals surface area contributed by atoms with Crippen LogP contribution in [-0.4, -0.2) is 30.2 Å². The maximum absolute atomic E-state index is 12.7. The van der Waals surface area contributed by atoms with Crippen molar-refractivity contribution in [1.82, 2.24) is 4.57 Å². The average molecular weight is 440 g/mol. The van der Waals surface area contributed by atoms with E-state index in [-0.39, 0.29) is 6.61 Å². The van der Waals surface area contributed by atoms with Crippen LogP contribution >= 0.6 is 11.6 Å². The van der Waals surface area contributed by atoms with E-state index in [1.165, 1.54) is 31.9 Å². The van der Waals surface area contributed by atoms with Gasteiger partial charge in [-0.15, -0.1) is 0 Å². The lowest BCUT2D eigenvalue weighted by molar-refractivity contribution is 0.0525. The number of rotatable bonds is 5. The van der Waals surface area contributed by atoms with E-state index < -0.39 is 11.9 Å². The lowest BCUT2D eigenvalue weighted by atomic mass is 9.84. The van der Waals surface area contributed by atoms with Gasteiger partial charge in [0, 0.05) is 16.6 Å². The summed E-state index contributed by atoms with van der Waals surface area (Å²) in [4.78, 5) is 24.9. The highest BCUT2D eigenvalue weighted by molar-refractivity contribution is 6.31. The highest BCUT2D eigenvalue weighted by atomic mass is 35.5. The summed E-state index contributed by atoms with van der Waals surface area (Å²) in [6, 6.07) is 10.8. The zero-order valence-corrected chi connectivity index (χ0v) is 18.6. The van der Waals surface area contributed by atoms with Gasteiger partial charge in [-0.05, 0) is 61.6 Å². The summed E-state index contributed by atoms with van der Waals surface area (Å²) in [5.74, 6) is -0.361. The number of halogens is 1. The molecule has 0 atom stereocenters. The number of hydrogen-bond acceptors (Lipinski definition) is 4. The van der Waals surface area contributed by atoms with Gasteiger partial charge in [-0.1, -0.05) is 36.9 Å². The summed E-state index contributed by atoms with van der Waals surface area (Å²) < 4.78 is 12.2. The minimum Gasteiger partial charge on any atom is -0.465 e. The van der Waals surface area contributed by atoms with Gasteiger partial charge in [0.15, 0.2) is 0 Å². The molecule has 1 saturated carbocycles. The molecule has 6 heteroatoms. The predicted molar refractivity (Wildman–Crippen MR) is 121 cm³/mol. The van der Waals surface area contributed by atoms with E-state index in [1.54, 1.807) is 25.1 Å². The SMILES string of the molecule is CCOC(=O)c1cc(Cl)ccc1-n1cc(C2CCCCC2)c2ccc(C(=O)OC)cc21. The second-order valence-corrected chi connectivity index (χ2v) is 8.33. The van der Waals surface area contributed by atoms with Gasteiger partial charge in [0.2, 0.25) is 0 Å². The molecule has 0 N–H and O–H groups in total. The number of hydrogen-bond donors (Lipinski definition) is 0. The van der Waals surface area contributed by atoms with Gasteiger partial charge >= 0.3 is 11.9 Å². The van der Waals surface area contributed by atoms with Crippen molar-refractivity contribution in [2.24, 2.45) is 0 Å². The molecule has 0 saturated heterocycles. The Morgan fingerprint density at radius 2 is 1.84 bits per heavy atom. The highest BCUT2D eigenvalue weighted by Gasteiger charge is 2.24. The molecule has 3 aromatic rings. The summed E-state index contributed by atoms with van der Waals surface area (Å²) >= 11 is 6.20. The monoisotopic (exact) mass is 439 g/mol. The summed E-state index contributed by atoms with van der Waals surface area (Å²) in [5, 5.41) is 1.55. The van der Waals surface area contributed by atoms with Crippen LogP contribution in [0.5, 0.6) is 0 Å². The number of ether oxygens (including phenoxy) is 2. The molecular formula is C25H26ClNO4. The Kier molecular flexibility index (Phi) is 6.33. The standard InChI is InChI=1S/C25H26ClNO4/c1-3-31-25(29)20-14-18(26)10-12-22(20)27-15-21(16-7-5-4-6-8-16)19-11-9-17(13-23(19)27)24(28)30-2/h9-16H,3-8H2,1-2H3. The Labute approximate surface area is 186 Å². The largest absolute Gasteiger partial charge is 0.465 e. The number of carbonyl (C=O) groups excluding carboxylic acids is 2. The Balaban J connectivity index is 1.94. The fourth-order valence-corrected chi connectivity index (χ4v) is 4.70. The number of aromatic nitrogens is 1. The molecular weight excluding hydrogens is 414 g/mol. The van der Waals surface area contributed by atoms with Crippen molar-refractivity contribution in [2.45, 2.75) is 44.9 Å². The number of fused-ring (bicyclic) bond motifs is 1. The molecule has 0 amide bonds. The third kappa shape index (κ3) is 4.19. The normalized spacial score (nSPS) is 14.5. The molecule has 0 bridgehead atoms. The smallest absolute Gasteiger partial charge is 0.340 e. The van der Waals surface area contributed by atoms with Gasteiger partial charge in [-0.25, -0.2) is 9.59 Å². The third-order valence-corrected chi connectivity index (χ3v) is 6.25. The van der Waals surface area contributed by atoms with Crippen LogP contribution in [0.15, 0.2) is 42.6 Å². The van der Waals surface area contributed by atoms with Gasteiger partial charge in [-0.3, -0.25) is 0 Å². The predicted octanol–water partition coefficient (Wildman–Crippen LogP) is 6.29. The summed E-state index contributed by atoms with van der Waals surface area (Å²) in [7, 11) is 1.37. The van der Waals surface area contributed by atoms with Crippen molar-refractivity contribution in [3.05, 3.63) is 64.3 Å². The van der Waals surface area contributed by atoms with E-state index >= 15 is 0 Å². The summed E-state index contributed by atoms with van der Waals surface area (Å²) in [5.41, 5.74) is 3.64. The molecule has 1 aliphatic carbocycles. The van der Waals surface area contributed by atoms with Crippen LogP contribution in [0.1, 0.15) is 71.2 Å². The van der Waals surface area contributed by atoms with Crippen LogP contribution < -0.4 is 0 Å². The number of benzene rings is 2. The van der Waals surface area contributed by atoms with Crippen molar-refractivity contribution in [1.29, 1.82) is 0 Å². The van der Waals surface area contributed by atoms with Gasteiger partial charge in [0.1, 0.15) is 0 Å². The van der Waals surface area contributed by atoms with E-state index in [0.717, 1.165) is 23.7 Å². The van der Waals surface area contributed by atoms with E-state index in [2.05, 4.69) is 6.20 Å². The van der Waals surface area contributed by atoms with Crippen LogP contribution in [-0.2, 0) is 9.47 Å². The number of carbonyl (C=O) groups is 2. The molecule has 0 aliphatic heterocycles. The Bertz CT molecular complexity index is 1130. The Morgan fingerprint density at radius 1 is 1.06 bits per heavy atom. The topological polar surface area (TPSA) is 57.5 Å². The third-order valence-electron chi connectivity index (χ3n) is 6.02. The first-order chi connectivity index (χ1) is 15.0. The van der Waals surface area contributed by atoms with Crippen LogP contribution in [0.25, 0.3) is 16.6 Å². The molecule has 0 unspecified atom stereocenters. The number of nitrogens with zero attached hydrogens (tertiary/aromatic N) is 1. The molecule has 31 heavy (non-hydrogen) atoms. The lowest BCUT2D eigenvalue weighted by Crippen LogP contribution is -2.10. The van der Waals surface area contributed by atoms with Crippen LogP contribution in [0, 0.1) is 0 Å². The molecule has 5 nitrogen and oxygen atoms in total. The van der Waals surface area contributed by atoms with Crippen molar-refractivity contribution < 1.29 is 19.1 Å². The summed E-state index contributed by atoms with van der Waals surface area (Å²) in [6.45, 7) is 2.05. The second kappa shape index (κ2) is 9.15. The van der Waals surface area contributed by atoms with E-state index in [9.17, 15) is 9.59 Å². The van der Waals surface area contributed by atoms with E-state index in [4.69, 9.17) is 21.1 Å². The summed E-state index contributed by atoms with van der Waals surface area (Å²) in [6.07, 6.45) is 8.09. The first-order valence-corrected chi connectivity index (χ1v) is 11.1. The van der Waals surface area contributed by atoms with E-state index in [1.807, 2.05) is 22.8 Å². The quantitative estimate of drug-likeness (QED) is 0.438. The fourth-order valence-electron chi connectivity index (χ4n) is 4.53. The fraction of sp³-hybridized carbons (Fsp3) is 0.360. The maximum atomic E-state index is 12.7. The van der Waals surface area contributed by atoms with Crippen LogP contribution in [0.4, 0.5) is 0 Å². The zero-order valence-electron chi connectivity index (χ0n) is 17.8. The van der Waals surface area contributed by atoms with Gasteiger partial charge in [0.05, 0.1) is 36.0 Å². The number of esters is 2. The average Bonchev–Trinajstić information content (AvgIpc) is 3.18. The second-order valence-electron chi connectivity index (χ2n) is 7.89. The van der Waals surface area contributed by atoms with Crippen molar-refractivity contribution in [2.75, 3.05) is 13.7 Å². The van der Waals surface area contributed by atoms with Gasteiger partial charge < -0.3 is 14.0 Å². The first-order valence-electron chi connectivity index (χ1n) is 10.7. The minimum absolute atomic E-state index is 0.275. The lowest BCUT2D eigenvalue weighted by Gasteiger charge is -2.21. The number of methoxy groups -OCH3 is 1. The molecule has 0 radical (unpaired) electrons. The first kappa shape index (κ1) is 21.4. The maximum Gasteiger partial charge on any atom is 0.340 e. The minimum atomic E-state index is -0.426. The molecule has 1 aliphatic rings. The molecule has 162 valence electrons. The van der Waals surface area contributed by atoms with Crippen LogP contribution in [0.2, 0.25) is 5.02 Å². The van der Waals surface area contributed by atoms with Crippen molar-refractivity contribution in [3.8, 4) is 5.69 Å². The van der Waals surface area contributed by atoms with Gasteiger partial charge in [0.25, 0.3) is 0 Å². The molecule has 2 aromatic carbocycles. The van der Waals surface area contributed by atoms with Crippen LogP contribution in [0.3, 0.4) is 0 Å². The van der Waals surface area contributed by atoms with Crippen molar-refractivity contribution >= 4 is 34.4 Å². The molecule has 1 fully saturated rings. The van der Waals surface area contributed by atoms with Crippen molar-refractivity contribution in [3.63, 3.8) is 0 Å². The highest BCUT2D eigenvalue weighted by Crippen LogP contribution is 2.39. The zero-order chi connectivity index (χ0) is 22.0. The molecule has 1 aromatic heterocycles. The molecule has 1 heterocycles. The van der Waals surface area contributed by atoms with E-state index in [0.29, 0.717) is 27.8 Å². The Hall–Kier alpha value is -2.79.